The van der Waals surface area contributed by atoms with Gasteiger partial charge in [-0.1, -0.05) is 39.0 Å². The van der Waals surface area contributed by atoms with Crippen molar-refractivity contribution >= 4 is 20.3 Å². The molecule has 108 valence electrons. The van der Waals surface area contributed by atoms with E-state index in [1.807, 2.05) is 24.3 Å². The van der Waals surface area contributed by atoms with Crippen molar-refractivity contribution in [1.82, 2.24) is 0 Å². The van der Waals surface area contributed by atoms with E-state index in [2.05, 4.69) is 45.3 Å². The minimum Gasteiger partial charge on any atom is -1.00 e. The Bertz CT molecular complexity index is 645. The Kier molecular flexibility index (Phi) is 11.5. The molecule has 1 aliphatic carbocycles. The van der Waals surface area contributed by atoms with Crippen LogP contribution in [0.1, 0.15) is 16.4 Å². The number of halogens is 2. The predicted molar refractivity (Wildman–Crippen MR) is 81.7 cm³/mol. The van der Waals surface area contributed by atoms with E-state index in [1.54, 1.807) is 0 Å². The molecule has 3 rings (SSSR count). The summed E-state index contributed by atoms with van der Waals surface area (Å²) in [7, 11) is 0.836. The predicted octanol–water partition coefficient (Wildman–Crippen LogP) is -2.86. The van der Waals surface area contributed by atoms with Crippen LogP contribution in [-0.4, -0.2) is 0 Å². The number of hydrogen-bond donors (Lipinski definition) is 0. The molecular weight excluding hydrogens is 354 g/mol. The van der Waals surface area contributed by atoms with E-state index in [1.165, 1.54) is 21.6 Å². The van der Waals surface area contributed by atoms with Crippen molar-refractivity contribution < 1.29 is 46.5 Å². The van der Waals surface area contributed by atoms with Crippen molar-refractivity contribution in [3.63, 3.8) is 0 Å². The number of allylic oxidation sites excluding steroid dienone is 1. The fraction of sp³-hybridized carbons (Fsp3) is 0.176. The summed E-state index contributed by atoms with van der Waals surface area (Å²) in [4.78, 5) is 0. The normalized spacial score (nSPS) is 10.7. The standard InChI is InChI=1S/C10H7.C7H10P.2ClH.Ti/c1-8-6-9-4-2-3-5-10(9)7-8;1-5-4-8-7(3)6(5)2;;;/h2-6H,1H2;8H,1-3H3;2*1H;/q2*-1;;;+4/p-2. The van der Waals surface area contributed by atoms with Crippen LogP contribution >= 0.6 is 8.19 Å². The van der Waals surface area contributed by atoms with Crippen LogP contribution in [0.15, 0.2) is 36.4 Å². The van der Waals surface area contributed by atoms with Crippen LogP contribution in [0.4, 0.5) is 0 Å². The monoisotopic (exact) mass is 370 g/mol. The molecule has 0 spiro atoms. The topological polar surface area (TPSA) is 0 Å². The van der Waals surface area contributed by atoms with E-state index in [0.717, 1.165) is 19.0 Å². The Hall–Kier alpha value is -0.226. The van der Waals surface area contributed by atoms with Gasteiger partial charge in [0, 0.05) is 0 Å². The van der Waals surface area contributed by atoms with E-state index < -0.39 is 0 Å². The first-order chi connectivity index (χ1) is 8.58. The molecule has 4 heteroatoms. The molecule has 1 heterocycles. The summed E-state index contributed by atoms with van der Waals surface area (Å²) in [5, 5.41) is 3.89. The molecule has 0 nitrogen and oxygen atoms in total. The van der Waals surface area contributed by atoms with Crippen LogP contribution in [0.2, 0.25) is 0 Å². The van der Waals surface area contributed by atoms with E-state index >= 15 is 0 Å². The van der Waals surface area contributed by atoms with Gasteiger partial charge in [-0.2, -0.15) is 28.8 Å². The van der Waals surface area contributed by atoms with E-state index in [4.69, 9.17) is 0 Å². The van der Waals surface area contributed by atoms with Gasteiger partial charge in [0.25, 0.3) is 0 Å². The Balaban J connectivity index is 0. The first kappa shape index (κ1) is 23.0. The second-order valence-electron chi connectivity index (χ2n) is 4.51. The molecule has 0 amide bonds. The van der Waals surface area contributed by atoms with Crippen molar-refractivity contribution in [3.05, 3.63) is 69.1 Å². The zero-order valence-electron chi connectivity index (χ0n) is 12.3. The van der Waals surface area contributed by atoms with Crippen molar-refractivity contribution in [3.8, 4) is 0 Å². The molecule has 0 N–H and O–H groups in total. The summed E-state index contributed by atoms with van der Waals surface area (Å²) in [6.07, 6.45) is 5.18. The van der Waals surface area contributed by atoms with E-state index in [9.17, 15) is 0 Å². The van der Waals surface area contributed by atoms with Crippen LogP contribution in [-0.2, 0) is 21.7 Å². The van der Waals surface area contributed by atoms with Crippen molar-refractivity contribution in [2.24, 2.45) is 0 Å². The second kappa shape index (κ2) is 10.5. The number of fused-ring (bicyclic) bond motifs is 1. The van der Waals surface area contributed by atoms with Gasteiger partial charge in [-0.3, -0.25) is 8.19 Å². The molecule has 0 radical (unpaired) electrons. The second-order valence-corrected chi connectivity index (χ2v) is 5.76. The molecule has 0 fully saturated rings. The van der Waals surface area contributed by atoms with E-state index in [-0.39, 0.29) is 46.5 Å². The Morgan fingerprint density at radius 3 is 2.10 bits per heavy atom. The third-order valence-electron chi connectivity index (χ3n) is 3.15. The van der Waals surface area contributed by atoms with Crippen LogP contribution in [0.5, 0.6) is 0 Å². The van der Waals surface area contributed by atoms with E-state index in [0.29, 0.717) is 0 Å². The summed E-state index contributed by atoms with van der Waals surface area (Å²) >= 11 is 0. The quantitative estimate of drug-likeness (QED) is 0.346. The zero-order chi connectivity index (χ0) is 13.1. The Morgan fingerprint density at radius 1 is 1.05 bits per heavy atom. The van der Waals surface area contributed by atoms with Gasteiger partial charge >= 0.3 is 21.7 Å². The molecule has 1 atom stereocenters. The third-order valence-corrected chi connectivity index (χ3v) is 4.40. The maximum Gasteiger partial charge on any atom is 4.00 e. The number of hydrogen-bond acceptors (Lipinski definition) is 0. The Labute approximate surface area is 156 Å². The van der Waals surface area contributed by atoms with Gasteiger partial charge in [-0.15, -0.1) is 34.2 Å². The van der Waals surface area contributed by atoms with Gasteiger partial charge in [-0.05, 0) is 0 Å². The molecule has 21 heavy (non-hydrogen) atoms. The average molecular weight is 371 g/mol. The third kappa shape index (κ3) is 6.19. The minimum atomic E-state index is 0. The van der Waals surface area contributed by atoms with Gasteiger partial charge in [0.15, 0.2) is 0 Å². The maximum atomic E-state index is 3.80. The van der Waals surface area contributed by atoms with Crippen molar-refractivity contribution in [2.75, 3.05) is 0 Å². The molecule has 1 aromatic heterocycles. The Morgan fingerprint density at radius 2 is 1.67 bits per heavy atom. The molecule has 1 aliphatic rings. The molecule has 0 saturated heterocycles. The number of aryl methyl sites for hydroxylation is 2. The largest absolute Gasteiger partial charge is 4.00 e. The molecule has 0 bridgehead atoms. The molecule has 0 saturated carbocycles. The van der Waals surface area contributed by atoms with Crippen molar-refractivity contribution in [2.45, 2.75) is 20.8 Å². The summed E-state index contributed by atoms with van der Waals surface area (Å²) in [5.74, 6) is 3.29. The first-order valence-corrected chi connectivity index (χ1v) is 7.01. The zero-order valence-corrected chi connectivity index (χ0v) is 16.4. The molecule has 1 aromatic carbocycles. The summed E-state index contributed by atoms with van der Waals surface area (Å²) in [5.41, 5.74) is 3.77. The number of rotatable bonds is 0. The van der Waals surface area contributed by atoms with Gasteiger partial charge in [0.2, 0.25) is 0 Å². The van der Waals surface area contributed by atoms with Gasteiger partial charge in [-0.25, -0.2) is 0 Å². The molecular formula is C17H17Cl2PTi. The summed E-state index contributed by atoms with van der Waals surface area (Å²) in [6.45, 7) is 10.3. The molecule has 0 aliphatic heterocycles. The SMILES string of the molecule is C=C1[C-]=c2ccccc2=C1.Cc1[c-][pH]c(C)c1C.[Cl-].[Cl-].[Ti+4]. The van der Waals surface area contributed by atoms with Gasteiger partial charge in [0.1, 0.15) is 0 Å². The average Bonchev–Trinajstić information content (AvgIpc) is 2.87. The van der Waals surface area contributed by atoms with Gasteiger partial charge < -0.3 is 24.8 Å². The molecule has 2 aromatic rings. The van der Waals surface area contributed by atoms with Crippen LogP contribution in [0.25, 0.3) is 12.2 Å². The minimum absolute atomic E-state index is 0. The van der Waals surface area contributed by atoms with Crippen molar-refractivity contribution in [1.29, 1.82) is 0 Å². The fourth-order valence-electron chi connectivity index (χ4n) is 1.79. The number of benzene rings is 1. The molecule has 1 unspecified atom stereocenters. The van der Waals surface area contributed by atoms with Gasteiger partial charge in [0.05, 0.1) is 0 Å². The van der Waals surface area contributed by atoms with Crippen LogP contribution < -0.4 is 35.3 Å². The van der Waals surface area contributed by atoms with Crippen LogP contribution in [0.3, 0.4) is 0 Å². The summed E-state index contributed by atoms with van der Waals surface area (Å²) < 4.78 is 0. The fourth-order valence-corrected chi connectivity index (χ4v) is 2.73. The van der Waals surface area contributed by atoms with Crippen LogP contribution in [0, 0.1) is 26.6 Å². The summed E-state index contributed by atoms with van der Waals surface area (Å²) in [6, 6.07) is 8.15. The smallest absolute Gasteiger partial charge is 1.00 e. The maximum absolute atomic E-state index is 3.80. The first-order valence-electron chi connectivity index (χ1n) is 6.01.